The number of carbonyl (C=O) groups is 1. The summed E-state index contributed by atoms with van der Waals surface area (Å²) in [5.74, 6) is -2.92. The molecule has 1 aromatic rings. The largest absolute Gasteiger partial charge is 0.383 e. The Balaban J connectivity index is 1.91. The number of amides is 1. The van der Waals surface area contributed by atoms with Crippen molar-refractivity contribution in [2.45, 2.75) is 63.8 Å². The van der Waals surface area contributed by atoms with Gasteiger partial charge in [0, 0.05) is 45.0 Å². The Hall–Kier alpha value is -1.54. The van der Waals surface area contributed by atoms with Gasteiger partial charge < -0.3 is 14.4 Å². The first-order valence-electron chi connectivity index (χ1n) is 8.62. The number of carbonyl (C=O) groups excluding carboxylic acids is 1. The normalized spacial score (nSPS) is 25.4. The molecule has 140 valence electrons. The molecule has 1 fully saturated rings. The number of hydrogen-bond donors (Lipinski definition) is 0. The smallest absolute Gasteiger partial charge is 0.272 e. The zero-order valence-corrected chi connectivity index (χ0v) is 15.1. The van der Waals surface area contributed by atoms with E-state index >= 15 is 0 Å². The Kier molecular flexibility index (Phi) is 4.85. The second-order valence-electron chi connectivity index (χ2n) is 7.06. The first-order chi connectivity index (χ1) is 11.7. The number of aromatic nitrogens is 2. The molecule has 0 unspecified atom stereocenters. The van der Waals surface area contributed by atoms with E-state index in [0.29, 0.717) is 25.3 Å². The Morgan fingerprint density at radius 1 is 1.44 bits per heavy atom. The van der Waals surface area contributed by atoms with Crippen molar-refractivity contribution >= 4 is 5.91 Å². The van der Waals surface area contributed by atoms with E-state index in [1.54, 1.807) is 18.8 Å². The average molecular weight is 357 g/mol. The summed E-state index contributed by atoms with van der Waals surface area (Å²) in [7, 11) is 3.18. The minimum Gasteiger partial charge on any atom is -0.383 e. The molecule has 1 aromatic heterocycles. The summed E-state index contributed by atoms with van der Waals surface area (Å²) in [6.45, 7) is 4.71. The first kappa shape index (κ1) is 18.3. The quantitative estimate of drug-likeness (QED) is 0.812. The molecule has 6 nitrogen and oxygen atoms in total. The van der Waals surface area contributed by atoms with Crippen LogP contribution in [0.1, 0.15) is 54.5 Å². The van der Waals surface area contributed by atoms with Gasteiger partial charge in [0.05, 0.1) is 31.1 Å². The van der Waals surface area contributed by atoms with Gasteiger partial charge in [0.2, 0.25) is 0 Å². The lowest BCUT2D eigenvalue weighted by molar-refractivity contribution is -0.112. The van der Waals surface area contributed by atoms with Gasteiger partial charge in [-0.1, -0.05) is 0 Å². The molecular weight excluding hydrogens is 332 g/mol. The molecule has 1 amide bonds. The van der Waals surface area contributed by atoms with Crippen LogP contribution >= 0.6 is 0 Å². The van der Waals surface area contributed by atoms with Crippen molar-refractivity contribution in [3.05, 3.63) is 17.0 Å². The summed E-state index contributed by atoms with van der Waals surface area (Å²) in [5.41, 5.74) is 2.10. The molecule has 3 rings (SSSR count). The number of halogens is 2. The van der Waals surface area contributed by atoms with Crippen LogP contribution in [0.4, 0.5) is 8.78 Å². The van der Waals surface area contributed by atoms with Crippen molar-refractivity contribution in [1.29, 1.82) is 0 Å². The van der Waals surface area contributed by atoms with Crippen molar-refractivity contribution in [3.8, 4) is 0 Å². The third kappa shape index (κ3) is 3.42. The van der Waals surface area contributed by atoms with Gasteiger partial charge >= 0.3 is 0 Å². The van der Waals surface area contributed by atoms with E-state index in [1.807, 2.05) is 13.8 Å². The Bertz CT molecular complexity index is 654. The molecule has 0 radical (unpaired) electrons. The van der Waals surface area contributed by atoms with E-state index in [1.165, 1.54) is 4.90 Å². The van der Waals surface area contributed by atoms with E-state index in [4.69, 9.17) is 9.47 Å². The summed E-state index contributed by atoms with van der Waals surface area (Å²) in [6.07, 6.45) is -0.193. The minimum absolute atomic E-state index is 0.0209. The van der Waals surface area contributed by atoms with Gasteiger partial charge in [-0.15, -0.1) is 0 Å². The third-order valence-corrected chi connectivity index (χ3v) is 5.04. The second kappa shape index (κ2) is 6.64. The molecule has 1 aliphatic carbocycles. The lowest BCUT2D eigenvalue weighted by Gasteiger charge is -2.40. The molecule has 25 heavy (non-hydrogen) atoms. The number of ether oxygens (including phenoxy) is 2. The third-order valence-electron chi connectivity index (χ3n) is 5.04. The molecule has 1 saturated carbocycles. The fourth-order valence-electron chi connectivity index (χ4n) is 3.61. The predicted octanol–water partition coefficient (Wildman–Crippen LogP) is 2.42. The van der Waals surface area contributed by atoms with Gasteiger partial charge in [0.15, 0.2) is 0 Å². The summed E-state index contributed by atoms with van der Waals surface area (Å²) in [6, 6.07) is -0.432. The van der Waals surface area contributed by atoms with Gasteiger partial charge in [-0.25, -0.2) is 8.78 Å². The van der Waals surface area contributed by atoms with E-state index in [9.17, 15) is 13.6 Å². The predicted molar refractivity (Wildman–Crippen MR) is 86.8 cm³/mol. The molecule has 0 N–H and O–H groups in total. The van der Waals surface area contributed by atoms with Gasteiger partial charge in [0.25, 0.3) is 11.8 Å². The highest BCUT2D eigenvalue weighted by Gasteiger charge is 2.49. The fourth-order valence-corrected chi connectivity index (χ4v) is 3.61. The van der Waals surface area contributed by atoms with Crippen LogP contribution in [0.2, 0.25) is 0 Å². The average Bonchev–Trinajstić information content (AvgIpc) is 2.87. The van der Waals surface area contributed by atoms with Crippen molar-refractivity contribution in [2.75, 3.05) is 20.8 Å². The SMILES string of the molecule is COCCn1nc2c(c1C(=O)N(C)C1CC(F)(F)C1)C[C@H](C)O[C@@H]2C. The minimum atomic E-state index is -2.66. The Labute approximate surface area is 146 Å². The molecule has 2 aliphatic rings. The van der Waals surface area contributed by atoms with Crippen LogP contribution in [0.3, 0.4) is 0 Å². The number of nitrogens with zero attached hydrogens (tertiary/aromatic N) is 3. The number of rotatable bonds is 5. The van der Waals surface area contributed by atoms with E-state index in [0.717, 1.165) is 11.3 Å². The molecule has 1 aliphatic heterocycles. The summed E-state index contributed by atoms with van der Waals surface area (Å²) < 4.78 is 38.9. The van der Waals surface area contributed by atoms with Crippen LogP contribution < -0.4 is 0 Å². The van der Waals surface area contributed by atoms with E-state index < -0.39 is 12.0 Å². The summed E-state index contributed by atoms with van der Waals surface area (Å²) >= 11 is 0. The molecule has 2 atom stereocenters. The van der Waals surface area contributed by atoms with Gasteiger partial charge in [-0.2, -0.15) is 5.10 Å². The van der Waals surface area contributed by atoms with Gasteiger partial charge in [0.1, 0.15) is 5.69 Å². The topological polar surface area (TPSA) is 56.6 Å². The molecule has 2 heterocycles. The molecule has 0 spiro atoms. The van der Waals surface area contributed by atoms with Crippen LogP contribution in [0.25, 0.3) is 0 Å². The molecule has 0 bridgehead atoms. The standard InChI is InChI=1S/C17H25F2N3O3/c1-10-7-13-14(11(2)25-10)20-22(5-6-24-4)15(13)16(23)21(3)12-8-17(18,19)9-12/h10-12H,5-9H2,1-4H3/t10-,11+/m0/s1. The van der Waals surface area contributed by atoms with E-state index in [-0.39, 0.29) is 31.0 Å². The Morgan fingerprint density at radius 2 is 2.12 bits per heavy atom. The summed E-state index contributed by atoms with van der Waals surface area (Å²) in [5, 5.41) is 4.55. The summed E-state index contributed by atoms with van der Waals surface area (Å²) in [4.78, 5) is 14.5. The van der Waals surface area contributed by atoms with Crippen molar-refractivity contribution in [1.82, 2.24) is 14.7 Å². The monoisotopic (exact) mass is 357 g/mol. The zero-order valence-electron chi connectivity index (χ0n) is 15.1. The van der Waals surface area contributed by atoms with Crippen LogP contribution in [0.15, 0.2) is 0 Å². The van der Waals surface area contributed by atoms with Gasteiger partial charge in [-0.05, 0) is 13.8 Å². The van der Waals surface area contributed by atoms with Crippen molar-refractivity contribution in [3.63, 3.8) is 0 Å². The lowest BCUT2D eigenvalue weighted by Crippen LogP contribution is -2.51. The maximum absolute atomic E-state index is 13.2. The number of hydrogen-bond acceptors (Lipinski definition) is 4. The zero-order chi connectivity index (χ0) is 18.4. The maximum atomic E-state index is 13.2. The fraction of sp³-hybridized carbons (Fsp3) is 0.765. The Morgan fingerprint density at radius 3 is 2.72 bits per heavy atom. The molecular formula is C17H25F2N3O3. The maximum Gasteiger partial charge on any atom is 0.272 e. The van der Waals surface area contributed by atoms with Crippen molar-refractivity contribution < 1.29 is 23.0 Å². The van der Waals surface area contributed by atoms with E-state index in [2.05, 4.69) is 5.10 Å². The molecule has 8 heteroatoms. The lowest BCUT2D eigenvalue weighted by atomic mass is 9.86. The van der Waals surface area contributed by atoms with Crippen LogP contribution in [0.5, 0.6) is 0 Å². The molecule has 0 aromatic carbocycles. The number of alkyl halides is 2. The number of fused-ring (bicyclic) bond motifs is 1. The van der Waals surface area contributed by atoms with Crippen molar-refractivity contribution in [2.24, 2.45) is 0 Å². The second-order valence-corrected chi connectivity index (χ2v) is 7.06. The van der Waals surface area contributed by atoms with Crippen LogP contribution in [-0.4, -0.2) is 59.4 Å². The van der Waals surface area contributed by atoms with Gasteiger partial charge in [-0.3, -0.25) is 9.48 Å². The first-order valence-corrected chi connectivity index (χ1v) is 8.62. The molecule has 0 saturated heterocycles. The highest BCUT2D eigenvalue weighted by Crippen LogP contribution is 2.41. The van der Waals surface area contributed by atoms with Crippen LogP contribution in [-0.2, 0) is 22.4 Å². The van der Waals surface area contributed by atoms with Crippen LogP contribution in [0, 0.1) is 0 Å². The highest BCUT2D eigenvalue weighted by atomic mass is 19.3. The number of methoxy groups -OCH3 is 1. The highest BCUT2D eigenvalue weighted by molar-refractivity contribution is 5.94.